The monoisotopic (exact) mass is 332 g/mol. The third kappa shape index (κ3) is 4.36. The van der Waals surface area contributed by atoms with E-state index in [0.29, 0.717) is 13.1 Å². The Morgan fingerprint density at radius 1 is 1.50 bits per heavy atom. The van der Waals surface area contributed by atoms with E-state index in [1.165, 1.54) is 12.1 Å². The van der Waals surface area contributed by atoms with Crippen molar-refractivity contribution in [2.24, 2.45) is 11.1 Å². The van der Waals surface area contributed by atoms with E-state index >= 15 is 0 Å². The molecule has 1 atom stereocenters. The Kier molecular flexibility index (Phi) is 4.94. The summed E-state index contributed by atoms with van der Waals surface area (Å²) in [7, 11) is -3.75. The molecule has 0 aromatic heterocycles. The molecule has 1 aliphatic heterocycles. The number of nitrogens with two attached hydrogens (primary N) is 1. The number of anilines is 1. The van der Waals surface area contributed by atoms with E-state index in [1.807, 2.05) is 0 Å². The molecule has 0 bridgehead atoms. The number of hydrogen-bond acceptors (Lipinski definition) is 5. The molecule has 1 aliphatic rings. The lowest BCUT2D eigenvalue weighted by molar-refractivity contribution is -0.385. The van der Waals surface area contributed by atoms with E-state index in [0.717, 1.165) is 18.9 Å². The number of halogens is 1. The fourth-order valence-electron chi connectivity index (χ4n) is 2.55. The Balaban J connectivity index is 2.07. The van der Waals surface area contributed by atoms with Crippen molar-refractivity contribution in [2.45, 2.75) is 12.8 Å². The van der Waals surface area contributed by atoms with Crippen LogP contribution in [0, 0.1) is 21.8 Å². The van der Waals surface area contributed by atoms with E-state index in [9.17, 15) is 22.9 Å². The molecule has 1 saturated heterocycles. The summed E-state index contributed by atoms with van der Waals surface area (Å²) in [6, 6.07) is 3.52. The van der Waals surface area contributed by atoms with Crippen molar-refractivity contribution < 1.29 is 17.7 Å². The summed E-state index contributed by atoms with van der Waals surface area (Å²) in [6.07, 6.45) is 1.57. The third-order valence-corrected chi connectivity index (χ3v) is 4.14. The normalized spacial score (nSPS) is 19.2. The fraction of sp³-hybridized carbons (Fsp3) is 0.500. The van der Waals surface area contributed by atoms with Crippen LogP contribution in [-0.4, -0.2) is 33.0 Å². The van der Waals surface area contributed by atoms with Crippen molar-refractivity contribution >= 4 is 21.6 Å². The second kappa shape index (κ2) is 6.55. The Labute approximate surface area is 127 Å². The third-order valence-electron chi connectivity index (χ3n) is 3.57. The van der Waals surface area contributed by atoms with Gasteiger partial charge in [-0.1, -0.05) is 0 Å². The summed E-state index contributed by atoms with van der Waals surface area (Å²) in [6.45, 7) is 1.25. The number of piperidine rings is 1. The molecule has 0 spiro atoms. The van der Waals surface area contributed by atoms with Crippen LogP contribution < -0.4 is 14.8 Å². The number of non-ortho nitro benzene ring substituents is 1. The molecule has 10 heteroatoms. The van der Waals surface area contributed by atoms with Crippen molar-refractivity contribution in [1.82, 2.24) is 4.72 Å². The van der Waals surface area contributed by atoms with Gasteiger partial charge >= 0.3 is 0 Å². The maximum atomic E-state index is 14.0. The van der Waals surface area contributed by atoms with Crippen molar-refractivity contribution in [1.29, 1.82) is 0 Å². The van der Waals surface area contributed by atoms with Crippen molar-refractivity contribution in [3.63, 3.8) is 0 Å². The van der Waals surface area contributed by atoms with Gasteiger partial charge in [-0.2, -0.15) is 8.42 Å². The zero-order chi connectivity index (χ0) is 16.3. The fourth-order valence-corrected chi connectivity index (χ4v) is 3.02. The first-order valence-electron chi connectivity index (χ1n) is 6.72. The SMILES string of the molecule is NS(=O)(=O)NCC1CCCN(c2ccc([N+](=O)[O-])cc2F)C1. The summed E-state index contributed by atoms with van der Waals surface area (Å²) in [5, 5.41) is 15.5. The number of nitro groups is 1. The van der Waals surface area contributed by atoms with E-state index in [4.69, 9.17) is 5.14 Å². The minimum Gasteiger partial charge on any atom is -0.369 e. The van der Waals surface area contributed by atoms with Crippen LogP contribution in [0.15, 0.2) is 18.2 Å². The van der Waals surface area contributed by atoms with Crippen molar-refractivity contribution in [2.75, 3.05) is 24.5 Å². The Morgan fingerprint density at radius 3 is 2.82 bits per heavy atom. The Bertz CT molecular complexity index is 667. The van der Waals surface area contributed by atoms with Crippen LogP contribution in [0.4, 0.5) is 15.8 Å². The van der Waals surface area contributed by atoms with Gasteiger partial charge in [0.05, 0.1) is 16.7 Å². The zero-order valence-corrected chi connectivity index (χ0v) is 12.6. The number of nitrogens with zero attached hydrogens (tertiary/aromatic N) is 2. The highest BCUT2D eigenvalue weighted by molar-refractivity contribution is 7.87. The highest BCUT2D eigenvalue weighted by atomic mass is 32.2. The molecule has 0 aliphatic carbocycles. The first-order chi connectivity index (χ1) is 10.3. The molecular formula is C12H17FN4O4S. The molecule has 0 radical (unpaired) electrons. The van der Waals surface area contributed by atoms with Gasteiger partial charge in [-0.25, -0.2) is 14.3 Å². The van der Waals surface area contributed by atoms with Gasteiger partial charge in [-0.05, 0) is 24.8 Å². The lowest BCUT2D eigenvalue weighted by Crippen LogP contribution is -2.42. The van der Waals surface area contributed by atoms with Crippen LogP contribution >= 0.6 is 0 Å². The van der Waals surface area contributed by atoms with Crippen molar-refractivity contribution in [3.05, 3.63) is 34.1 Å². The van der Waals surface area contributed by atoms with E-state index in [2.05, 4.69) is 4.72 Å². The molecule has 2 rings (SSSR count). The van der Waals surface area contributed by atoms with E-state index in [-0.39, 0.29) is 23.8 Å². The van der Waals surface area contributed by atoms with Crippen LogP contribution in [0.5, 0.6) is 0 Å². The van der Waals surface area contributed by atoms with Crippen LogP contribution in [-0.2, 0) is 10.2 Å². The molecule has 8 nitrogen and oxygen atoms in total. The molecule has 3 N–H and O–H groups in total. The average molecular weight is 332 g/mol. The van der Waals surface area contributed by atoms with Gasteiger partial charge < -0.3 is 4.90 Å². The van der Waals surface area contributed by atoms with Gasteiger partial charge in [0.1, 0.15) is 0 Å². The standard InChI is InChI=1S/C12H17FN4O4S/c13-11-6-10(17(18)19)3-4-12(11)16-5-1-2-9(8-16)7-15-22(14,20)21/h3-4,6,9,15H,1-2,5,7-8H2,(H2,14,20,21). The second-order valence-electron chi connectivity index (χ2n) is 5.24. The molecule has 0 saturated carbocycles. The first kappa shape index (κ1) is 16.6. The topological polar surface area (TPSA) is 119 Å². The summed E-state index contributed by atoms with van der Waals surface area (Å²) in [5.74, 6) is -0.657. The predicted octanol–water partition coefficient (Wildman–Crippen LogP) is 0.743. The maximum absolute atomic E-state index is 14.0. The minimum atomic E-state index is -3.75. The van der Waals surface area contributed by atoms with Crippen LogP contribution in [0.25, 0.3) is 0 Å². The molecule has 1 heterocycles. The summed E-state index contributed by atoms with van der Waals surface area (Å²) >= 11 is 0. The summed E-state index contributed by atoms with van der Waals surface area (Å²) in [4.78, 5) is 11.7. The van der Waals surface area contributed by atoms with E-state index in [1.54, 1.807) is 4.90 Å². The molecule has 1 aromatic rings. The quantitative estimate of drug-likeness (QED) is 0.609. The molecule has 0 amide bonds. The molecule has 22 heavy (non-hydrogen) atoms. The molecule has 1 fully saturated rings. The number of hydrogen-bond donors (Lipinski definition) is 2. The first-order valence-corrected chi connectivity index (χ1v) is 8.27. The largest absolute Gasteiger partial charge is 0.369 e. The Morgan fingerprint density at radius 2 is 2.23 bits per heavy atom. The summed E-state index contributed by atoms with van der Waals surface area (Å²) < 4.78 is 38.1. The average Bonchev–Trinajstić information content (AvgIpc) is 2.44. The van der Waals surface area contributed by atoms with Crippen LogP contribution in [0.2, 0.25) is 0 Å². The molecule has 1 aromatic carbocycles. The molecular weight excluding hydrogens is 315 g/mol. The van der Waals surface area contributed by atoms with E-state index < -0.39 is 20.9 Å². The highest BCUT2D eigenvalue weighted by Gasteiger charge is 2.24. The molecule has 122 valence electrons. The summed E-state index contributed by atoms with van der Waals surface area (Å²) in [5.41, 5.74) is -0.0170. The van der Waals surface area contributed by atoms with Gasteiger partial charge in [0.25, 0.3) is 15.9 Å². The van der Waals surface area contributed by atoms with Gasteiger partial charge in [-0.3, -0.25) is 10.1 Å². The Hall–Kier alpha value is -1.78. The van der Waals surface area contributed by atoms with Gasteiger partial charge in [0.2, 0.25) is 0 Å². The lowest BCUT2D eigenvalue weighted by Gasteiger charge is -2.34. The number of nitrogens with one attached hydrogen (secondary N) is 1. The highest BCUT2D eigenvalue weighted by Crippen LogP contribution is 2.28. The zero-order valence-electron chi connectivity index (χ0n) is 11.7. The van der Waals surface area contributed by atoms with Gasteiger partial charge in [-0.15, -0.1) is 0 Å². The lowest BCUT2D eigenvalue weighted by atomic mass is 9.98. The van der Waals surface area contributed by atoms with Crippen LogP contribution in [0.3, 0.4) is 0 Å². The smallest absolute Gasteiger partial charge is 0.274 e. The minimum absolute atomic E-state index is 0.00154. The van der Waals surface area contributed by atoms with Gasteiger partial charge in [0.15, 0.2) is 5.82 Å². The number of rotatable bonds is 5. The number of nitro benzene ring substituents is 1. The second-order valence-corrected chi connectivity index (χ2v) is 6.62. The number of benzene rings is 1. The maximum Gasteiger partial charge on any atom is 0.274 e. The van der Waals surface area contributed by atoms with Gasteiger partial charge in [0, 0.05) is 25.7 Å². The molecule has 1 unspecified atom stereocenters. The predicted molar refractivity (Wildman–Crippen MR) is 79.1 cm³/mol. The van der Waals surface area contributed by atoms with Crippen LogP contribution in [0.1, 0.15) is 12.8 Å². The van der Waals surface area contributed by atoms with Crippen molar-refractivity contribution in [3.8, 4) is 0 Å².